The molecule has 3 rings (SSSR count). The lowest BCUT2D eigenvalue weighted by atomic mass is 9.69. The van der Waals surface area contributed by atoms with Gasteiger partial charge < -0.3 is 19.7 Å². The molecule has 1 aromatic carbocycles. The van der Waals surface area contributed by atoms with E-state index in [1.807, 2.05) is 31.2 Å². The summed E-state index contributed by atoms with van der Waals surface area (Å²) in [4.78, 5) is 26.7. The third-order valence-corrected chi connectivity index (χ3v) is 5.75. The minimum Gasteiger partial charge on any atom is -0.384 e. The first-order valence-corrected chi connectivity index (χ1v) is 9.17. The summed E-state index contributed by atoms with van der Waals surface area (Å²) in [6, 6.07) is 7.39. The van der Waals surface area contributed by atoms with Crippen LogP contribution in [0.1, 0.15) is 36.4 Å². The predicted octanol–water partition coefficient (Wildman–Crippen LogP) is 1.83. The van der Waals surface area contributed by atoms with Crippen LogP contribution in [0.2, 0.25) is 0 Å². The standard InChI is InChI=1S/C20H28N2O4/c1-14-7-4-5-8-15(14)17-18(26-11-16(23)22(17)2)19(24)21-12-20(13-25-3)9-6-10-20/h4-5,7-8,17-18H,6,9-13H2,1-3H3,(H,21,24)/t17-,18+/m1/s1. The van der Waals surface area contributed by atoms with Crippen molar-refractivity contribution in [1.29, 1.82) is 0 Å². The Morgan fingerprint density at radius 2 is 2.12 bits per heavy atom. The first-order chi connectivity index (χ1) is 12.5. The zero-order chi connectivity index (χ0) is 18.7. The van der Waals surface area contributed by atoms with Crippen LogP contribution in [0.4, 0.5) is 0 Å². The molecule has 142 valence electrons. The van der Waals surface area contributed by atoms with E-state index in [0.717, 1.165) is 24.0 Å². The summed E-state index contributed by atoms with van der Waals surface area (Å²) in [7, 11) is 3.43. The molecule has 0 unspecified atom stereocenters. The predicted molar refractivity (Wildman–Crippen MR) is 97.6 cm³/mol. The minimum absolute atomic E-state index is 0.0406. The second kappa shape index (κ2) is 7.76. The summed E-state index contributed by atoms with van der Waals surface area (Å²) < 4.78 is 11.0. The highest BCUT2D eigenvalue weighted by molar-refractivity contribution is 5.86. The van der Waals surface area contributed by atoms with Crippen LogP contribution in [0, 0.1) is 12.3 Å². The number of carbonyl (C=O) groups is 2. The number of ether oxygens (including phenoxy) is 2. The van der Waals surface area contributed by atoms with Gasteiger partial charge in [0.2, 0.25) is 5.91 Å². The Hall–Kier alpha value is -1.92. The molecule has 0 radical (unpaired) electrons. The third-order valence-electron chi connectivity index (χ3n) is 5.75. The van der Waals surface area contributed by atoms with E-state index >= 15 is 0 Å². The fourth-order valence-corrected chi connectivity index (χ4v) is 3.95. The number of morpholine rings is 1. The number of aryl methyl sites for hydroxylation is 1. The average molecular weight is 360 g/mol. The van der Waals surface area contributed by atoms with Crippen LogP contribution in [0.15, 0.2) is 24.3 Å². The van der Waals surface area contributed by atoms with Crippen molar-refractivity contribution >= 4 is 11.8 Å². The molecule has 2 atom stereocenters. The highest BCUT2D eigenvalue weighted by Crippen LogP contribution is 2.40. The molecule has 1 N–H and O–H groups in total. The molecule has 1 aliphatic heterocycles. The van der Waals surface area contributed by atoms with Crippen LogP contribution >= 0.6 is 0 Å². The first-order valence-electron chi connectivity index (χ1n) is 9.17. The van der Waals surface area contributed by atoms with Crippen molar-refractivity contribution in [2.75, 3.05) is 33.9 Å². The molecule has 6 nitrogen and oxygen atoms in total. The molecule has 1 saturated carbocycles. The normalized spacial score (nSPS) is 24.9. The number of likely N-dealkylation sites (N-methyl/N-ethyl adjacent to an activating group) is 1. The second-order valence-corrected chi connectivity index (χ2v) is 7.54. The molecule has 0 aromatic heterocycles. The van der Waals surface area contributed by atoms with Gasteiger partial charge in [-0.25, -0.2) is 0 Å². The monoisotopic (exact) mass is 360 g/mol. The number of carbonyl (C=O) groups excluding carboxylic acids is 2. The molecular formula is C20H28N2O4. The summed E-state index contributed by atoms with van der Waals surface area (Å²) in [6.45, 7) is 3.15. The number of hydrogen-bond donors (Lipinski definition) is 1. The fourth-order valence-electron chi connectivity index (χ4n) is 3.95. The maximum Gasteiger partial charge on any atom is 0.251 e. The molecule has 26 heavy (non-hydrogen) atoms. The molecule has 2 amide bonds. The van der Waals surface area contributed by atoms with E-state index in [2.05, 4.69) is 5.32 Å². The smallest absolute Gasteiger partial charge is 0.251 e. The molecule has 1 saturated heterocycles. The van der Waals surface area contributed by atoms with Crippen LogP contribution in [0.5, 0.6) is 0 Å². The summed E-state index contributed by atoms with van der Waals surface area (Å²) in [5.41, 5.74) is 2.02. The minimum atomic E-state index is -0.710. The Bertz CT molecular complexity index is 672. The second-order valence-electron chi connectivity index (χ2n) is 7.54. The van der Waals surface area contributed by atoms with Gasteiger partial charge in [-0.2, -0.15) is 0 Å². The van der Waals surface area contributed by atoms with Gasteiger partial charge in [-0.15, -0.1) is 0 Å². The van der Waals surface area contributed by atoms with E-state index in [9.17, 15) is 9.59 Å². The molecule has 0 bridgehead atoms. The fraction of sp³-hybridized carbons (Fsp3) is 0.600. The zero-order valence-electron chi connectivity index (χ0n) is 15.8. The van der Waals surface area contributed by atoms with E-state index in [1.54, 1.807) is 19.1 Å². The Morgan fingerprint density at radius 3 is 2.73 bits per heavy atom. The van der Waals surface area contributed by atoms with Crippen LogP contribution in [-0.2, 0) is 19.1 Å². The van der Waals surface area contributed by atoms with Gasteiger partial charge in [0.1, 0.15) is 6.61 Å². The Balaban J connectivity index is 1.76. The number of benzene rings is 1. The third kappa shape index (κ3) is 3.62. The van der Waals surface area contributed by atoms with Crippen molar-refractivity contribution in [2.24, 2.45) is 5.41 Å². The number of nitrogens with zero attached hydrogens (tertiary/aromatic N) is 1. The van der Waals surface area contributed by atoms with Gasteiger partial charge in [-0.3, -0.25) is 9.59 Å². The molecule has 2 fully saturated rings. The van der Waals surface area contributed by atoms with Crippen molar-refractivity contribution in [1.82, 2.24) is 10.2 Å². The number of amides is 2. The molecular weight excluding hydrogens is 332 g/mol. The summed E-state index contributed by atoms with van der Waals surface area (Å²) in [5.74, 6) is -0.280. The van der Waals surface area contributed by atoms with Crippen LogP contribution in [0.25, 0.3) is 0 Å². The quantitative estimate of drug-likeness (QED) is 0.840. The van der Waals surface area contributed by atoms with E-state index in [-0.39, 0.29) is 23.8 Å². The van der Waals surface area contributed by atoms with Crippen LogP contribution in [0.3, 0.4) is 0 Å². The number of methoxy groups -OCH3 is 1. The lowest BCUT2D eigenvalue weighted by molar-refractivity contribution is -0.162. The maximum absolute atomic E-state index is 12.9. The Labute approximate surface area is 154 Å². The maximum atomic E-state index is 12.9. The molecule has 1 aliphatic carbocycles. The zero-order valence-corrected chi connectivity index (χ0v) is 15.8. The Kier molecular flexibility index (Phi) is 5.63. The molecule has 1 aromatic rings. The van der Waals surface area contributed by atoms with E-state index < -0.39 is 12.1 Å². The van der Waals surface area contributed by atoms with Gasteiger partial charge in [0.15, 0.2) is 6.10 Å². The van der Waals surface area contributed by atoms with Gasteiger partial charge in [0, 0.05) is 26.1 Å². The Morgan fingerprint density at radius 1 is 1.38 bits per heavy atom. The van der Waals surface area contributed by atoms with Crippen molar-refractivity contribution in [3.8, 4) is 0 Å². The summed E-state index contributed by atoms with van der Waals surface area (Å²) in [6.07, 6.45) is 2.58. The molecule has 1 heterocycles. The van der Waals surface area contributed by atoms with Gasteiger partial charge >= 0.3 is 0 Å². The molecule has 0 spiro atoms. The first kappa shape index (κ1) is 18.9. The highest BCUT2D eigenvalue weighted by Gasteiger charge is 2.42. The summed E-state index contributed by atoms with van der Waals surface area (Å²) in [5, 5.41) is 3.05. The topological polar surface area (TPSA) is 67.9 Å². The average Bonchev–Trinajstić information content (AvgIpc) is 2.60. The number of hydrogen-bond acceptors (Lipinski definition) is 4. The van der Waals surface area contributed by atoms with Gasteiger partial charge in [0.25, 0.3) is 5.91 Å². The molecule has 6 heteroatoms. The van der Waals surface area contributed by atoms with Crippen LogP contribution < -0.4 is 5.32 Å². The van der Waals surface area contributed by atoms with E-state index in [0.29, 0.717) is 13.2 Å². The number of nitrogens with one attached hydrogen (secondary N) is 1. The SMILES string of the molecule is COCC1(CNC(=O)[C@H]2OCC(=O)N(C)[C@@H]2c2ccccc2C)CCC1. The van der Waals surface area contributed by atoms with Crippen molar-refractivity contribution in [2.45, 2.75) is 38.3 Å². The van der Waals surface area contributed by atoms with Crippen molar-refractivity contribution < 1.29 is 19.1 Å². The highest BCUT2D eigenvalue weighted by atomic mass is 16.5. The lowest BCUT2D eigenvalue weighted by Gasteiger charge is -2.43. The van der Waals surface area contributed by atoms with Crippen molar-refractivity contribution in [3.63, 3.8) is 0 Å². The van der Waals surface area contributed by atoms with E-state index in [1.165, 1.54) is 6.42 Å². The summed E-state index contributed by atoms with van der Waals surface area (Å²) >= 11 is 0. The van der Waals surface area contributed by atoms with Gasteiger partial charge in [0.05, 0.1) is 12.6 Å². The molecule has 2 aliphatic rings. The number of rotatable bonds is 6. The van der Waals surface area contributed by atoms with Crippen LogP contribution in [-0.4, -0.2) is 56.7 Å². The van der Waals surface area contributed by atoms with Gasteiger partial charge in [-0.05, 0) is 30.9 Å². The lowest BCUT2D eigenvalue weighted by Crippen LogP contribution is -2.55. The van der Waals surface area contributed by atoms with E-state index in [4.69, 9.17) is 9.47 Å². The van der Waals surface area contributed by atoms with Crippen molar-refractivity contribution in [3.05, 3.63) is 35.4 Å². The largest absolute Gasteiger partial charge is 0.384 e. The van der Waals surface area contributed by atoms with Gasteiger partial charge in [-0.1, -0.05) is 30.7 Å².